The lowest BCUT2D eigenvalue weighted by molar-refractivity contribution is 0.0496. The van der Waals surface area contributed by atoms with Crippen molar-refractivity contribution in [3.63, 3.8) is 0 Å². The van der Waals surface area contributed by atoms with Crippen molar-refractivity contribution in [2.75, 3.05) is 18.4 Å². The standard InChI is InChI=1S/C19H22N2O5S2/c1-5-26-18(22)16-10-14-12(2)6-7-15(17(14)21(16)11-25-4)20-28(23,24)19-13(3)8-9-27-19/h6-10,20H,5,11H2,1-4H3. The first kappa shape index (κ1) is 20.4. The molecule has 3 rings (SSSR count). The van der Waals surface area contributed by atoms with Gasteiger partial charge in [0.1, 0.15) is 16.6 Å². The van der Waals surface area contributed by atoms with Gasteiger partial charge in [-0.05, 0) is 55.5 Å². The van der Waals surface area contributed by atoms with Crippen LogP contribution in [0.4, 0.5) is 5.69 Å². The summed E-state index contributed by atoms with van der Waals surface area (Å²) in [7, 11) is -2.25. The first-order valence-corrected chi connectivity index (χ1v) is 11.0. The maximum Gasteiger partial charge on any atom is 0.355 e. The van der Waals surface area contributed by atoms with Gasteiger partial charge in [-0.25, -0.2) is 13.2 Å². The molecule has 0 aliphatic heterocycles. The molecule has 28 heavy (non-hydrogen) atoms. The summed E-state index contributed by atoms with van der Waals surface area (Å²) < 4.78 is 40.7. The van der Waals surface area contributed by atoms with Gasteiger partial charge in [-0.15, -0.1) is 11.3 Å². The van der Waals surface area contributed by atoms with Crippen LogP contribution in [-0.4, -0.2) is 32.7 Å². The van der Waals surface area contributed by atoms with Gasteiger partial charge in [0, 0.05) is 12.5 Å². The summed E-state index contributed by atoms with van der Waals surface area (Å²) in [5.74, 6) is -0.488. The number of thiophene rings is 1. The van der Waals surface area contributed by atoms with Gasteiger partial charge < -0.3 is 14.0 Å². The van der Waals surface area contributed by atoms with Gasteiger partial charge in [-0.3, -0.25) is 4.72 Å². The molecule has 0 fully saturated rings. The Bertz CT molecular complexity index is 1130. The zero-order chi connectivity index (χ0) is 20.5. The SMILES string of the molecule is CCOC(=O)c1cc2c(C)ccc(NS(=O)(=O)c3sccc3C)c2n1COC. The summed E-state index contributed by atoms with van der Waals surface area (Å²) in [5, 5.41) is 2.49. The van der Waals surface area contributed by atoms with Crippen LogP contribution < -0.4 is 4.72 Å². The Kier molecular flexibility index (Phi) is 5.78. The van der Waals surface area contributed by atoms with Crippen LogP contribution in [0.15, 0.2) is 33.9 Å². The van der Waals surface area contributed by atoms with Crippen molar-refractivity contribution >= 4 is 43.9 Å². The molecular weight excluding hydrogens is 400 g/mol. The second-order valence-electron chi connectivity index (χ2n) is 6.28. The zero-order valence-corrected chi connectivity index (χ0v) is 17.7. The molecule has 0 aliphatic rings. The molecule has 0 unspecified atom stereocenters. The Labute approximate surface area is 167 Å². The number of rotatable bonds is 7. The highest BCUT2D eigenvalue weighted by atomic mass is 32.2. The molecule has 0 spiro atoms. The Morgan fingerprint density at radius 3 is 2.57 bits per heavy atom. The van der Waals surface area contributed by atoms with Crippen molar-refractivity contribution < 1.29 is 22.7 Å². The van der Waals surface area contributed by atoms with Gasteiger partial charge in [0.15, 0.2) is 0 Å². The first-order chi connectivity index (χ1) is 13.3. The van der Waals surface area contributed by atoms with E-state index in [1.807, 2.05) is 13.0 Å². The molecule has 1 N–H and O–H groups in total. The highest BCUT2D eigenvalue weighted by Crippen LogP contribution is 2.33. The fourth-order valence-electron chi connectivity index (χ4n) is 3.06. The number of esters is 1. The number of hydrogen-bond acceptors (Lipinski definition) is 6. The quantitative estimate of drug-likeness (QED) is 0.584. The number of nitrogens with zero attached hydrogens (tertiary/aromatic N) is 1. The minimum absolute atomic E-state index is 0.0772. The summed E-state index contributed by atoms with van der Waals surface area (Å²) in [6.07, 6.45) is 0. The molecule has 1 aromatic carbocycles. The van der Waals surface area contributed by atoms with Crippen LogP contribution in [0.5, 0.6) is 0 Å². The van der Waals surface area contributed by atoms with Crippen LogP contribution in [0.2, 0.25) is 0 Å². The van der Waals surface area contributed by atoms with Gasteiger partial charge >= 0.3 is 5.97 Å². The number of ether oxygens (including phenoxy) is 2. The number of fused-ring (bicyclic) bond motifs is 1. The molecule has 0 amide bonds. The highest BCUT2D eigenvalue weighted by molar-refractivity contribution is 7.94. The Morgan fingerprint density at radius 2 is 1.96 bits per heavy atom. The highest BCUT2D eigenvalue weighted by Gasteiger charge is 2.24. The summed E-state index contributed by atoms with van der Waals surface area (Å²) in [6.45, 7) is 5.70. The number of hydrogen-bond donors (Lipinski definition) is 1. The van der Waals surface area contributed by atoms with Gasteiger partial charge in [-0.1, -0.05) is 6.07 Å². The normalized spacial score (nSPS) is 11.7. The Morgan fingerprint density at radius 1 is 1.21 bits per heavy atom. The van der Waals surface area contributed by atoms with Crippen LogP contribution in [0.1, 0.15) is 28.5 Å². The second kappa shape index (κ2) is 7.94. The number of carbonyl (C=O) groups excluding carboxylic acids is 1. The van der Waals surface area contributed by atoms with E-state index in [0.717, 1.165) is 22.3 Å². The maximum absolute atomic E-state index is 12.9. The predicted molar refractivity (Wildman–Crippen MR) is 110 cm³/mol. The topological polar surface area (TPSA) is 86.6 Å². The molecule has 150 valence electrons. The Balaban J connectivity index is 2.19. The predicted octanol–water partition coefficient (Wildman–Crippen LogP) is 3.90. The lowest BCUT2D eigenvalue weighted by Crippen LogP contribution is -2.16. The lowest BCUT2D eigenvalue weighted by atomic mass is 10.1. The molecule has 0 bridgehead atoms. The van der Waals surface area contributed by atoms with E-state index in [-0.39, 0.29) is 17.5 Å². The molecule has 0 atom stereocenters. The molecule has 0 aliphatic carbocycles. The minimum Gasteiger partial charge on any atom is -0.461 e. The average molecular weight is 423 g/mol. The van der Waals surface area contributed by atoms with Gasteiger partial charge in [0.25, 0.3) is 10.0 Å². The van der Waals surface area contributed by atoms with Gasteiger partial charge in [0.05, 0.1) is 17.8 Å². The summed E-state index contributed by atoms with van der Waals surface area (Å²) >= 11 is 1.16. The summed E-state index contributed by atoms with van der Waals surface area (Å²) in [4.78, 5) is 12.4. The second-order valence-corrected chi connectivity index (χ2v) is 9.08. The molecule has 0 saturated heterocycles. The molecule has 0 saturated carbocycles. The monoisotopic (exact) mass is 422 g/mol. The summed E-state index contributed by atoms with van der Waals surface area (Å²) in [5.41, 5.74) is 2.84. The fraction of sp³-hybridized carbons (Fsp3) is 0.316. The third kappa shape index (κ3) is 3.65. The van der Waals surface area contributed by atoms with Crippen molar-refractivity contribution in [2.24, 2.45) is 0 Å². The zero-order valence-electron chi connectivity index (χ0n) is 16.1. The van der Waals surface area contributed by atoms with Gasteiger partial charge in [0.2, 0.25) is 0 Å². The summed E-state index contributed by atoms with van der Waals surface area (Å²) in [6, 6.07) is 6.97. The largest absolute Gasteiger partial charge is 0.461 e. The van der Waals surface area contributed by atoms with Crippen LogP contribution in [0, 0.1) is 13.8 Å². The number of anilines is 1. The molecule has 2 aromatic heterocycles. The molecule has 7 nitrogen and oxygen atoms in total. The van der Waals surface area contributed by atoms with Crippen molar-refractivity contribution in [3.8, 4) is 0 Å². The molecular formula is C19H22N2O5S2. The van der Waals surface area contributed by atoms with Crippen molar-refractivity contribution in [3.05, 3.63) is 46.5 Å². The first-order valence-electron chi connectivity index (χ1n) is 8.66. The van der Waals surface area contributed by atoms with Crippen LogP contribution in [0.3, 0.4) is 0 Å². The smallest absolute Gasteiger partial charge is 0.355 e. The molecule has 2 heterocycles. The third-order valence-corrected chi connectivity index (χ3v) is 7.38. The molecule has 3 aromatic rings. The number of carbonyl (C=O) groups is 1. The fourth-order valence-corrected chi connectivity index (χ4v) is 5.55. The number of methoxy groups -OCH3 is 1. The van der Waals surface area contributed by atoms with Gasteiger partial charge in [-0.2, -0.15) is 0 Å². The van der Waals surface area contributed by atoms with E-state index >= 15 is 0 Å². The number of benzene rings is 1. The van der Waals surface area contributed by atoms with Crippen LogP contribution in [-0.2, 0) is 26.2 Å². The minimum atomic E-state index is -3.76. The molecule has 9 heteroatoms. The van der Waals surface area contributed by atoms with E-state index < -0.39 is 16.0 Å². The van der Waals surface area contributed by atoms with Crippen molar-refractivity contribution in [1.82, 2.24) is 4.57 Å². The van der Waals surface area contributed by atoms with E-state index in [1.165, 1.54) is 7.11 Å². The van der Waals surface area contributed by atoms with E-state index in [9.17, 15) is 13.2 Å². The Hall–Kier alpha value is -2.36. The average Bonchev–Trinajstić information content (AvgIpc) is 3.23. The molecule has 0 radical (unpaired) electrons. The third-order valence-electron chi connectivity index (χ3n) is 4.32. The van der Waals surface area contributed by atoms with E-state index in [2.05, 4.69) is 4.72 Å². The van der Waals surface area contributed by atoms with Crippen molar-refractivity contribution in [2.45, 2.75) is 31.7 Å². The van der Waals surface area contributed by atoms with Crippen LogP contribution in [0.25, 0.3) is 10.9 Å². The van der Waals surface area contributed by atoms with E-state index in [0.29, 0.717) is 22.5 Å². The van der Waals surface area contributed by atoms with Crippen molar-refractivity contribution in [1.29, 1.82) is 0 Å². The van der Waals surface area contributed by atoms with E-state index in [4.69, 9.17) is 9.47 Å². The number of aryl methyl sites for hydroxylation is 2. The number of sulfonamides is 1. The van der Waals surface area contributed by atoms with Crippen LogP contribution >= 0.6 is 11.3 Å². The number of nitrogens with one attached hydrogen (secondary N) is 1. The maximum atomic E-state index is 12.9. The van der Waals surface area contributed by atoms with E-state index in [1.54, 1.807) is 42.0 Å². The number of aromatic nitrogens is 1. The lowest BCUT2D eigenvalue weighted by Gasteiger charge is -2.14.